The first-order valence-corrected chi connectivity index (χ1v) is 14.0. The molecule has 1 aliphatic rings. The maximum atomic E-state index is 15.5. The van der Waals surface area contributed by atoms with Crippen LogP contribution in [-0.4, -0.2) is 43.3 Å². The van der Waals surface area contributed by atoms with Crippen molar-refractivity contribution in [2.75, 3.05) is 6.61 Å². The minimum atomic E-state index is -4.57. The zero-order valence-corrected chi connectivity index (χ0v) is 23.5. The van der Waals surface area contributed by atoms with Crippen molar-refractivity contribution in [1.82, 2.24) is 19.5 Å². The van der Waals surface area contributed by atoms with E-state index >= 15 is 13.2 Å². The fourth-order valence-corrected chi connectivity index (χ4v) is 5.45. The van der Waals surface area contributed by atoms with Gasteiger partial charge < -0.3 is 19.1 Å². The molecule has 2 aromatic carbocycles. The number of alkyl halides is 3. The Morgan fingerprint density at radius 3 is 2.53 bits per heavy atom. The van der Waals surface area contributed by atoms with Gasteiger partial charge in [-0.05, 0) is 30.7 Å². The first kappa shape index (κ1) is 30.5. The van der Waals surface area contributed by atoms with Crippen molar-refractivity contribution in [2.24, 2.45) is 0 Å². The van der Waals surface area contributed by atoms with Crippen LogP contribution in [-0.2, 0) is 30.5 Å². The van der Waals surface area contributed by atoms with E-state index < -0.39 is 57.8 Å². The number of carbonyl (C=O) groups is 1. The van der Waals surface area contributed by atoms with E-state index in [0.29, 0.717) is 30.6 Å². The lowest BCUT2D eigenvalue weighted by atomic mass is 10.0. The van der Waals surface area contributed by atoms with Gasteiger partial charge in [-0.15, -0.1) is 11.3 Å². The molecule has 1 N–H and O–H groups in total. The van der Waals surface area contributed by atoms with Gasteiger partial charge in [-0.1, -0.05) is 6.07 Å². The molecule has 5 aromatic rings. The van der Waals surface area contributed by atoms with Crippen LogP contribution >= 0.6 is 11.3 Å². The first-order valence-electron chi connectivity index (χ1n) is 13.2. The van der Waals surface area contributed by atoms with Gasteiger partial charge in [-0.3, -0.25) is 0 Å². The minimum Gasteiger partial charge on any atom is -0.478 e. The summed E-state index contributed by atoms with van der Waals surface area (Å²) >= 11 is 0.372. The Labute approximate surface area is 252 Å². The summed E-state index contributed by atoms with van der Waals surface area (Å²) in [5.74, 6) is -6.70. The molecule has 234 valence electrons. The van der Waals surface area contributed by atoms with Gasteiger partial charge in [-0.25, -0.2) is 37.3 Å². The highest BCUT2D eigenvalue weighted by Gasteiger charge is 2.33. The molecule has 1 aliphatic heterocycles. The van der Waals surface area contributed by atoms with E-state index in [4.69, 9.17) is 9.47 Å². The largest absolute Gasteiger partial charge is 0.478 e. The van der Waals surface area contributed by atoms with Crippen LogP contribution in [0.1, 0.15) is 38.1 Å². The average Bonchev–Trinajstić information content (AvgIpc) is 3.59. The molecule has 8 nitrogen and oxygen atoms in total. The number of carboxylic acid groups (broad SMARTS) is 1. The van der Waals surface area contributed by atoms with Crippen molar-refractivity contribution in [1.29, 1.82) is 0 Å². The summed E-state index contributed by atoms with van der Waals surface area (Å²) in [4.78, 5) is 22.4. The number of rotatable bonds is 9. The summed E-state index contributed by atoms with van der Waals surface area (Å²) in [5, 5.41) is 9.37. The van der Waals surface area contributed by atoms with E-state index in [1.165, 1.54) is 28.8 Å². The molecule has 1 unspecified atom stereocenters. The number of hydrogen-bond acceptors (Lipinski definition) is 7. The summed E-state index contributed by atoms with van der Waals surface area (Å²) < 4.78 is 112. The third kappa shape index (κ3) is 6.07. The molecule has 3 aromatic heterocycles. The molecular formula is C29H19F7N4O4S. The van der Waals surface area contributed by atoms with Crippen LogP contribution < -0.4 is 4.74 Å². The second kappa shape index (κ2) is 11.7. The maximum absolute atomic E-state index is 15.5. The lowest BCUT2D eigenvalue weighted by molar-refractivity contribution is -0.134. The molecule has 0 amide bonds. The molecule has 1 atom stereocenters. The van der Waals surface area contributed by atoms with Crippen molar-refractivity contribution >= 4 is 28.3 Å². The molecule has 4 heterocycles. The average molecular weight is 653 g/mol. The lowest BCUT2D eigenvalue weighted by Crippen LogP contribution is -2.31. The summed E-state index contributed by atoms with van der Waals surface area (Å²) in [6.45, 7) is 0.178. The monoisotopic (exact) mass is 652 g/mol. The number of fused-ring (bicyclic) bond motifs is 1. The highest BCUT2D eigenvalue weighted by Crippen LogP contribution is 2.34. The van der Waals surface area contributed by atoms with Crippen LogP contribution in [0.4, 0.5) is 30.7 Å². The number of thiazole rings is 1. The highest BCUT2D eigenvalue weighted by molar-refractivity contribution is 7.11. The van der Waals surface area contributed by atoms with Crippen LogP contribution in [0, 0.1) is 23.3 Å². The molecule has 0 aliphatic carbocycles. The molecule has 1 fully saturated rings. The van der Waals surface area contributed by atoms with E-state index in [1.54, 1.807) is 0 Å². The van der Waals surface area contributed by atoms with Gasteiger partial charge in [-0.2, -0.15) is 13.2 Å². The van der Waals surface area contributed by atoms with Crippen molar-refractivity contribution in [3.05, 3.63) is 92.7 Å². The Balaban J connectivity index is 1.30. The number of aromatic carboxylic acids is 1. The smallest absolute Gasteiger partial charge is 0.427 e. The Hall–Kier alpha value is -4.57. The lowest BCUT2D eigenvalue weighted by Gasteiger charge is -2.27. The topological polar surface area (TPSA) is 99.4 Å². The van der Waals surface area contributed by atoms with Crippen LogP contribution in [0.3, 0.4) is 0 Å². The Morgan fingerprint density at radius 2 is 1.87 bits per heavy atom. The predicted octanol–water partition coefficient (Wildman–Crippen LogP) is 6.79. The Morgan fingerprint density at radius 1 is 1.09 bits per heavy atom. The summed E-state index contributed by atoms with van der Waals surface area (Å²) in [6, 6.07) is 6.64. The summed E-state index contributed by atoms with van der Waals surface area (Å²) in [5.41, 5.74) is -1.99. The molecule has 1 saturated heterocycles. The maximum Gasteiger partial charge on any atom is 0.427 e. The fraction of sp³-hybridized carbons (Fsp3) is 0.241. The highest BCUT2D eigenvalue weighted by atomic mass is 32.1. The van der Waals surface area contributed by atoms with Gasteiger partial charge in [0.1, 0.15) is 33.6 Å². The molecule has 16 heteroatoms. The SMILES string of the molecule is O=C(O)c1cc(F)c2nc(Cc3c(F)cc(-c4cccc(OCc5ncc(C(F)(F)F)s5)n4)c(F)c3F)n(CC3CCO3)c2c1. The summed E-state index contributed by atoms with van der Waals surface area (Å²) in [6.07, 6.45) is -4.20. The quantitative estimate of drug-likeness (QED) is 0.138. The molecule has 6 rings (SSSR count). The normalized spacial score (nSPS) is 15.0. The molecule has 45 heavy (non-hydrogen) atoms. The van der Waals surface area contributed by atoms with Crippen molar-refractivity contribution in [3.8, 4) is 17.1 Å². The minimum absolute atomic E-state index is 0.00360. The van der Waals surface area contributed by atoms with Gasteiger partial charge >= 0.3 is 12.1 Å². The van der Waals surface area contributed by atoms with Gasteiger partial charge in [0.2, 0.25) is 5.88 Å². The predicted molar refractivity (Wildman–Crippen MR) is 145 cm³/mol. The number of halogens is 7. The number of hydrogen-bond donors (Lipinski definition) is 1. The Bertz CT molecular complexity index is 1940. The second-order valence-electron chi connectivity index (χ2n) is 10.0. The number of nitrogens with zero attached hydrogens (tertiary/aromatic N) is 4. The number of benzene rings is 2. The second-order valence-corrected chi connectivity index (χ2v) is 11.1. The van der Waals surface area contributed by atoms with Gasteiger partial charge in [0.15, 0.2) is 17.5 Å². The summed E-state index contributed by atoms with van der Waals surface area (Å²) in [7, 11) is 0. The number of pyridine rings is 1. The van der Waals surface area contributed by atoms with E-state index in [9.17, 15) is 27.5 Å². The van der Waals surface area contributed by atoms with Gasteiger partial charge in [0, 0.05) is 30.2 Å². The van der Waals surface area contributed by atoms with Crippen LogP contribution in [0.25, 0.3) is 22.3 Å². The van der Waals surface area contributed by atoms with Crippen molar-refractivity contribution < 1.29 is 50.1 Å². The van der Waals surface area contributed by atoms with Gasteiger partial charge in [0.25, 0.3) is 0 Å². The standard InChI is InChI=1S/C29H19F7N4O4S/c30-17-8-16(19-2-1-3-23(38-19)44-12-24-37-10-21(45-24)29(34,35)36)26(33)25(32)15(17)9-22-39-27-18(31)6-13(28(41)42)7-20(27)40(22)11-14-4-5-43-14/h1-3,6-8,10,14H,4-5,9,11-12H2,(H,41,42). The molecule has 0 bridgehead atoms. The number of imidazole rings is 1. The number of aromatic nitrogens is 4. The zero-order chi connectivity index (χ0) is 32.0. The van der Waals surface area contributed by atoms with Crippen LogP contribution in [0.15, 0.2) is 42.6 Å². The van der Waals surface area contributed by atoms with Crippen molar-refractivity contribution in [3.63, 3.8) is 0 Å². The molecular weight excluding hydrogens is 633 g/mol. The molecule has 0 saturated carbocycles. The fourth-order valence-electron chi connectivity index (χ4n) is 4.75. The zero-order valence-electron chi connectivity index (χ0n) is 22.7. The number of ether oxygens (including phenoxy) is 2. The van der Waals surface area contributed by atoms with Crippen molar-refractivity contribution in [2.45, 2.75) is 38.3 Å². The van der Waals surface area contributed by atoms with E-state index in [1.807, 2.05) is 0 Å². The van der Waals surface area contributed by atoms with E-state index in [2.05, 4.69) is 15.0 Å². The van der Waals surface area contributed by atoms with Crippen LogP contribution in [0.2, 0.25) is 0 Å². The van der Waals surface area contributed by atoms with Gasteiger partial charge in [0.05, 0.1) is 35.6 Å². The molecule has 0 radical (unpaired) electrons. The third-order valence-corrected chi connectivity index (χ3v) is 8.09. The van der Waals surface area contributed by atoms with E-state index in [-0.39, 0.29) is 58.3 Å². The molecule has 0 spiro atoms. The third-order valence-electron chi connectivity index (χ3n) is 7.08. The van der Waals surface area contributed by atoms with E-state index in [0.717, 1.165) is 12.1 Å². The number of carboxylic acids is 1. The first-order chi connectivity index (χ1) is 21.4. The van der Waals surface area contributed by atoms with Crippen LogP contribution in [0.5, 0.6) is 5.88 Å². The Kier molecular flexibility index (Phi) is 7.95.